The molecular weight excluding hydrogens is 174 g/mol. The van der Waals surface area contributed by atoms with Gasteiger partial charge in [-0.25, -0.2) is 4.98 Å². The SMILES string of the molecule is C=Cc1ccc(CCC)nc1C(=C)O. The Kier molecular flexibility index (Phi) is 3.46. The van der Waals surface area contributed by atoms with Crippen LogP contribution >= 0.6 is 0 Å². The van der Waals surface area contributed by atoms with Crippen LogP contribution in [0.5, 0.6) is 0 Å². The third-order valence-electron chi connectivity index (χ3n) is 1.98. The molecule has 0 radical (unpaired) electrons. The molecule has 0 saturated heterocycles. The molecule has 0 aliphatic heterocycles. The lowest BCUT2D eigenvalue weighted by atomic mass is 10.1. The van der Waals surface area contributed by atoms with E-state index in [1.54, 1.807) is 6.08 Å². The molecule has 14 heavy (non-hydrogen) atoms. The normalized spacial score (nSPS) is 9.79. The van der Waals surface area contributed by atoms with Crippen molar-refractivity contribution in [3.05, 3.63) is 42.2 Å². The summed E-state index contributed by atoms with van der Waals surface area (Å²) < 4.78 is 0. The van der Waals surface area contributed by atoms with Gasteiger partial charge in [0.15, 0.2) is 0 Å². The molecule has 0 saturated carbocycles. The number of aliphatic hydroxyl groups is 1. The molecule has 0 atom stereocenters. The molecule has 0 spiro atoms. The molecule has 1 rings (SSSR count). The zero-order valence-corrected chi connectivity index (χ0v) is 8.45. The van der Waals surface area contributed by atoms with E-state index >= 15 is 0 Å². The lowest BCUT2D eigenvalue weighted by Crippen LogP contribution is -1.97. The average Bonchev–Trinajstić information content (AvgIpc) is 2.18. The summed E-state index contributed by atoms with van der Waals surface area (Å²) in [6.07, 6.45) is 3.62. The maximum atomic E-state index is 9.32. The molecule has 0 bridgehead atoms. The van der Waals surface area contributed by atoms with E-state index in [1.165, 1.54) is 0 Å². The Bertz CT molecular complexity index is 355. The lowest BCUT2D eigenvalue weighted by Gasteiger charge is -2.05. The summed E-state index contributed by atoms with van der Waals surface area (Å²) in [6, 6.07) is 3.86. The van der Waals surface area contributed by atoms with E-state index in [0.717, 1.165) is 24.1 Å². The summed E-state index contributed by atoms with van der Waals surface area (Å²) in [7, 11) is 0. The second-order valence-electron chi connectivity index (χ2n) is 3.14. The minimum absolute atomic E-state index is 0.00199. The highest BCUT2D eigenvalue weighted by atomic mass is 16.3. The highest BCUT2D eigenvalue weighted by molar-refractivity contribution is 5.65. The maximum Gasteiger partial charge on any atom is 0.134 e. The maximum absolute atomic E-state index is 9.32. The summed E-state index contributed by atoms with van der Waals surface area (Å²) >= 11 is 0. The number of aliphatic hydroxyl groups excluding tert-OH is 1. The van der Waals surface area contributed by atoms with E-state index < -0.39 is 0 Å². The molecule has 0 unspecified atom stereocenters. The van der Waals surface area contributed by atoms with Gasteiger partial charge in [-0.2, -0.15) is 0 Å². The van der Waals surface area contributed by atoms with Crippen molar-refractivity contribution in [3.8, 4) is 0 Å². The van der Waals surface area contributed by atoms with Gasteiger partial charge in [0.25, 0.3) is 0 Å². The fourth-order valence-electron chi connectivity index (χ4n) is 1.30. The van der Waals surface area contributed by atoms with Crippen molar-refractivity contribution in [1.29, 1.82) is 0 Å². The van der Waals surface area contributed by atoms with Crippen LogP contribution in [0.1, 0.15) is 30.3 Å². The third-order valence-corrected chi connectivity index (χ3v) is 1.98. The fourth-order valence-corrected chi connectivity index (χ4v) is 1.30. The molecule has 74 valence electrons. The van der Waals surface area contributed by atoms with Crippen LogP contribution in [0.4, 0.5) is 0 Å². The zero-order valence-electron chi connectivity index (χ0n) is 8.45. The van der Waals surface area contributed by atoms with Gasteiger partial charge in [-0.3, -0.25) is 0 Å². The van der Waals surface area contributed by atoms with Crippen LogP contribution in [0.25, 0.3) is 11.8 Å². The van der Waals surface area contributed by atoms with Gasteiger partial charge in [0, 0.05) is 11.3 Å². The molecule has 0 amide bonds. The summed E-state index contributed by atoms with van der Waals surface area (Å²) in [5, 5.41) is 9.32. The smallest absolute Gasteiger partial charge is 0.134 e. The van der Waals surface area contributed by atoms with Crippen LogP contribution < -0.4 is 0 Å². The molecule has 0 fully saturated rings. The summed E-state index contributed by atoms with van der Waals surface area (Å²) in [5.74, 6) is -0.00199. The average molecular weight is 189 g/mol. The fraction of sp³-hybridized carbons (Fsp3) is 0.250. The molecule has 2 nitrogen and oxygen atoms in total. The quantitative estimate of drug-likeness (QED) is 0.738. The number of pyridine rings is 1. The topological polar surface area (TPSA) is 33.1 Å². The van der Waals surface area contributed by atoms with Crippen molar-refractivity contribution < 1.29 is 5.11 Å². The molecule has 0 aliphatic carbocycles. The Morgan fingerprint density at radius 3 is 2.79 bits per heavy atom. The van der Waals surface area contributed by atoms with E-state index in [9.17, 15) is 5.11 Å². The lowest BCUT2D eigenvalue weighted by molar-refractivity contribution is 0.510. The number of hydrogen-bond acceptors (Lipinski definition) is 2. The van der Waals surface area contributed by atoms with Crippen molar-refractivity contribution in [2.45, 2.75) is 19.8 Å². The second-order valence-corrected chi connectivity index (χ2v) is 3.14. The molecule has 0 aromatic carbocycles. The number of hydrogen-bond donors (Lipinski definition) is 1. The molecule has 1 heterocycles. The number of aromatic nitrogens is 1. The van der Waals surface area contributed by atoms with Crippen LogP contribution in [0.3, 0.4) is 0 Å². The van der Waals surface area contributed by atoms with Crippen molar-refractivity contribution in [1.82, 2.24) is 4.98 Å². The Hall–Kier alpha value is -1.57. The minimum atomic E-state index is -0.00199. The van der Waals surface area contributed by atoms with E-state index in [2.05, 4.69) is 25.1 Å². The first-order chi connectivity index (χ1) is 6.69. The van der Waals surface area contributed by atoms with Gasteiger partial charge in [0.2, 0.25) is 0 Å². The molecule has 0 aliphatic rings. The Morgan fingerprint density at radius 2 is 2.29 bits per heavy atom. The van der Waals surface area contributed by atoms with Gasteiger partial charge in [-0.15, -0.1) is 0 Å². The molecule has 2 heteroatoms. The Labute approximate surface area is 84.6 Å². The van der Waals surface area contributed by atoms with Crippen molar-refractivity contribution in [2.75, 3.05) is 0 Å². The van der Waals surface area contributed by atoms with Crippen LogP contribution in [-0.4, -0.2) is 10.1 Å². The van der Waals surface area contributed by atoms with Gasteiger partial charge >= 0.3 is 0 Å². The standard InChI is InChI=1S/C12H15NO/c1-4-6-11-8-7-10(5-2)12(13-11)9(3)14/h5,7-8,14H,2-4,6H2,1H3. The van der Waals surface area contributed by atoms with Gasteiger partial charge in [-0.05, 0) is 12.5 Å². The highest BCUT2D eigenvalue weighted by Gasteiger charge is 2.05. The summed E-state index contributed by atoms with van der Waals surface area (Å²) in [6.45, 7) is 9.23. The first kappa shape index (κ1) is 10.5. The van der Waals surface area contributed by atoms with Crippen LogP contribution in [0.15, 0.2) is 25.3 Å². The first-order valence-electron chi connectivity index (χ1n) is 4.69. The summed E-state index contributed by atoms with van der Waals surface area (Å²) in [5.41, 5.74) is 2.33. The van der Waals surface area contributed by atoms with E-state index in [-0.39, 0.29) is 5.76 Å². The van der Waals surface area contributed by atoms with Gasteiger partial charge in [-0.1, -0.05) is 38.6 Å². The number of nitrogens with zero attached hydrogens (tertiary/aromatic N) is 1. The van der Waals surface area contributed by atoms with Crippen molar-refractivity contribution >= 4 is 11.8 Å². The predicted octanol–water partition coefficient (Wildman–Crippen LogP) is 3.21. The molecule has 1 aromatic rings. The van der Waals surface area contributed by atoms with Crippen molar-refractivity contribution in [2.24, 2.45) is 0 Å². The monoisotopic (exact) mass is 189 g/mol. The van der Waals surface area contributed by atoms with E-state index in [4.69, 9.17) is 0 Å². The molecule has 1 aromatic heterocycles. The number of rotatable bonds is 4. The van der Waals surface area contributed by atoms with Crippen molar-refractivity contribution in [3.63, 3.8) is 0 Å². The third kappa shape index (κ3) is 2.22. The van der Waals surface area contributed by atoms with Gasteiger partial charge in [0.05, 0.1) is 0 Å². The van der Waals surface area contributed by atoms with E-state index in [1.807, 2.05) is 12.1 Å². The predicted molar refractivity (Wildman–Crippen MR) is 60.0 cm³/mol. The Morgan fingerprint density at radius 1 is 1.57 bits per heavy atom. The highest BCUT2D eigenvalue weighted by Crippen LogP contribution is 2.15. The molecule has 1 N–H and O–H groups in total. The Balaban J connectivity index is 3.13. The minimum Gasteiger partial charge on any atom is -0.506 e. The number of aryl methyl sites for hydroxylation is 1. The van der Waals surface area contributed by atoms with Gasteiger partial charge < -0.3 is 5.11 Å². The van der Waals surface area contributed by atoms with E-state index in [0.29, 0.717) is 5.69 Å². The zero-order chi connectivity index (χ0) is 10.6. The van der Waals surface area contributed by atoms with Crippen LogP contribution in [-0.2, 0) is 6.42 Å². The van der Waals surface area contributed by atoms with Crippen LogP contribution in [0, 0.1) is 0 Å². The summed E-state index contributed by atoms with van der Waals surface area (Å²) in [4.78, 5) is 4.31. The largest absolute Gasteiger partial charge is 0.506 e. The second kappa shape index (κ2) is 4.61. The van der Waals surface area contributed by atoms with Gasteiger partial charge in [0.1, 0.15) is 11.5 Å². The van der Waals surface area contributed by atoms with Crippen LogP contribution in [0.2, 0.25) is 0 Å². The molecular formula is C12H15NO. The first-order valence-corrected chi connectivity index (χ1v) is 4.69.